The van der Waals surface area contributed by atoms with E-state index in [0.29, 0.717) is 19.5 Å². The van der Waals surface area contributed by atoms with Gasteiger partial charge in [-0.2, -0.15) is 0 Å². The van der Waals surface area contributed by atoms with E-state index in [1.54, 1.807) is 18.0 Å². The monoisotopic (exact) mass is 218 g/mol. The van der Waals surface area contributed by atoms with Gasteiger partial charge in [-0.05, 0) is 19.1 Å². The first-order valence-electron chi connectivity index (χ1n) is 5.35. The Kier molecular flexibility index (Phi) is 2.99. The third-order valence-electron chi connectivity index (χ3n) is 2.87. The maximum absolute atomic E-state index is 11.6. The van der Waals surface area contributed by atoms with Gasteiger partial charge in [-0.3, -0.25) is 14.6 Å². The topological polar surface area (TPSA) is 50.3 Å². The lowest BCUT2D eigenvalue weighted by Gasteiger charge is -2.15. The Morgan fingerprint density at radius 1 is 1.56 bits per heavy atom. The third-order valence-corrected chi connectivity index (χ3v) is 2.87. The van der Waals surface area contributed by atoms with E-state index in [2.05, 4.69) is 4.98 Å². The lowest BCUT2D eigenvalue weighted by Crippen LogP contribution is -2.25. The second-order valence-electron chi connectivity index (χ2n) is 4.11. The van der Waals surface area contributed by atoms with E-state index in [-0.39, 0.29) is 17.6 Å². The highest BCUT2D eigenvalue weighted by molar-refractivity contribution is 5.89. The Bertz CT molecular complexity index is 403. The number of rotatable bonds is 3. The van der Waals surface area contributed by atoms with Crippen molar-refractivity contribution in [1.29, 1.82) is 0 Å². The summed E-state index contributed by atoms with van der Waals surface area (Å²) in [7, 11) is 0. The molecule has 1 aromatic rings. The van der Waals surface area contributed by atoms with Crippen molar-refractivity contribution in [3.8, 4) is 0 Å². The molecule has 16 heavy (non-hydrogen) atoms. The summed E-state index contributed by atoms with van der Waals surface area (Å²) in [5.74, 6) is 0.0129. The number of likely N-dealkylation sites (tertiary alicyclic amines) is 1. The van der Waals surface area contributed by atoms with E-state index in [9.17, 15) is 9.59 Å². The van der Waals surface area contributed by atoms with Gasteiger partial charge in [-0.15, -0.1) is 0 Å². The first-order chi connectivity index (χ1) is 7.66. The van der Waals surface area contributed by atoms with Crippen LogP contribution in [0.4, 0.5) is 0 Å². The molecule has 0 saturated carbocycles. The highest BCUT2D eigenvalue weighted by Gasteiger charge is 2.32. The average molecular weight is 218 g/mol. The molecule has 4 heteroatoms. The molecule has 0 N–H and O–H groups in total. The second-order valence-corrected chi connectivity index (χ2v) is 4.11. The van der Waals surface area contributed by atoms with Crippen LogP contribution in [0.25, 0.3) is 0 Å². The molecular formula is C12H14N2O2. The largest absolute Gasteiger partial charge is 0.336 e. The number of nitrogens with zero attached hydrogens (tertiary/aromatic N) is 2. The van der Waals surface area contributed by atoms with Crippen LogP contribution in [-0.4, -0.2) is 28.1 Å². The van der Waals surface area contributed by atoms with Crippen molar-refractivity contribution >= 4 is 11.7 Å². The summed E-state index contributed by atoms with van der Waals surface area (Å²) < 4.78 is 0. The zero-order chi connectivity index (χ0) is 11.5. The van der Waals surface area contributed by atoms with Crippen molar-refractivity contribution in [3.63, 3.8) is 0 Å². The van der Waals surface area contributed by atoms with Gasteiger partial charge < -0.3 is 4.90 Å². The Hall–Kier alpha value is -1.71. The number of carbonyl (C=O) groups excluding carboxylic acids is 2. The number of pyridine rings is 1. The molecular weight excluding hydrogens is 204 g/mol. The fraction of sp³-hybridized carbons (Fsp3) is 0.417. The fourth-order valence-electron chi connectivity index (χ4n) is 1.88. The Balaban J connectivity index is 2.02. The van der Waals surface area contributed by atoms with Gasteiger partial charge >= 0.3 is 0 Å². The molecule has 0 radical (unpaired) electrons. The fourth-order valence-corrected chi connectivity index (χ4v) is 1.88. The number of amides is 1. The van der Waals surface area contributed by atoms with Crippen LogP contribution in [0, 0.1) is 5.92 Å². The molecule has 84 valence electrons. The number of aromatic nitrogens is 1. The summed E-state index contributed by atoms with van der Waals surface area (Å²) in [6.45, 7) is 2.58. The highest BCUT2D eigenvalue weighted by Crippen LogP contribution is 2.20. The van der Waals surface area contributed by atoms with Crippen LogP contribution < -0.4 is 0 Å². The summed E-state index contributed by atoms with van der Waals surface area (Å²) in [6, 6.07) is 5.62. The van der Waals surface area contributed by atoms with Crippen LogP contribution in [0.5, 0.6) is 0 Å². The number of hydrogen-bond acceptors (Lipinski definition) is 3. The maximum Gasteiger partial charge on any atom is 0.223 e. The zero-order valence-electron chi connectivity index (χ0n) is 9.22. The average Bonchev–Trinajstić information content (AvgIpc) is 2.62. The predicted molar refractivity (Wildman–Crippen MR) is 58.4 cm³/mol. The molecule has 1 atom stereocenters. The van der Waals surface area contributed by atoms with Crippen LogP contribution in [-0.2, 0) is 16.1 Å². The molecule has 1 aliphatic heterocycles. The molecule has 1 fully saturated rings. The molecule has 0 aliphatic carbocycles. The number of carbonyl (C=O) groups is 2. The number of Topliss-reactive ketones (excluding diaryl/α,β-unsaturated/α-hetero) is 1. The highest BCUT2D eigenvalue weighted by atomic mass is 16.2. The van der Waals surface area contributed by atoms with Crippen molar-refractivity contribution in [2.45, 2.75) is 19.9 Å². The smallest absolute Gasteiger partial charge is 0.223 e. The Morgan fingerprint density at radius 2 is 2.38 bits per heavy atom. The first-order valence-corrected chi connectivity index (χ1v) is 5.35. The molecule has 4 nitrogen and oxygen atoms in total. The van der Waals surface area contributed by atoms with Gasteiger partial charge in [0.15, 0.2) is 0 Å². The van der Waals surface area contributed by atoms with E-state index in [4.69, 9.17) is 0 Å². The molecule has 0 bridgehead atoms. The third kappa shape index (κ3) is 2.27. The maximum atomic E-state index is 11.6. The van der Waals surface area contributed by atoms with Gasteiger partial charge in [-0.1, -0.05) is 6.07 Å². The van der Waals surface area contributed by atoms with Gasteiger partial charge in [0.05, 0.1) is 12.2 Å². The molecule has 1 unspecified atom stereocenters. The van der Waals surface area contributed by atoms with Gasteiger partial charge in [-0.25, -0.2) is 0 Å². The summed E-state index contributed by atoms with van der Waals surface area (Å²) >= 11 is 0. The molecule has 2 heterocycles. The molecule has 1 aromatic heterocycles. The van der Waals surface area contributed by atoms with E-state index >= 15 is 0 Å². The van der Waals surface area contributed by atoms with Gasteiger partial charge in [0.25, 0.3) is 0 Å². The molecule has 0 spiro atoms. The van der Waals surface area contributed by atoms with Crippen molar-refractivity contribution in [2.24, 2.45) is 5.92 Å². The molecule has 1 aliphatic rings. The SMILES string of the molecule is CC(=O)C1CC(=O)N(Cc2ccccn2)C1. The Labute approximate surface area is 94.3 Å². The second kappa shape index (κ2) is 4.43. The quantitative estimate of drug-likeness (QED) is 0.761. The normalized spacial score (nSPS) is 20.2. The lowest BCUT2D eigenvalue weighted by molar-refractivity contribution is -0.128. The van der Waals surface area contributed by atoms with Crippen molar-refractivity contribution in [3.05, 3.63) is 30.1 Å². The van der Waals surface area contributed by atoms with E-state index in [1.807, 2.05) is 18.2 Å². The number of ketones is 1. The minimum absolute atomic E-state index is 0.0471. The van der Waals surface area contributed by atoms with E-state index < -0.39 is 0 Å². The van der Waals surface area contributed by atoms with Gasteiger partial charge in [0, 0.05) is 25.1 Å². The van der Waals surface area contributed by atoms with E-state index in [1.165, 1.54) is 0 Å². The van der Waals surface area contributed by atoms with Crippen LogP contribution >= 0.6 is 0 Å². The lowest BCUT2D eigenvalue weighted by atomic mass is 10.1. The standard InChI is InChI=1S/C12H14N2O2/c1-9(15)10-6-12(16)14(7-10)8-11-4-2-3-5-13-11/h2-5,10H,6-8H2,1H3. The van der Waals surface area contributed by atoms with Crippen LogP contribution in [0.15, 0.2) is 24.4 Å². The minimum atomic E-state index is -0.129. The first kappa shape index (κ1) is 10.8. The van der Waals surface area contributed by atoms with Crippen LogP contribution in [0.3, 0.4) is 0 Å². The molecule has 1 saturated heterocycles. The number of hydrogen-bond donors (Lipinski definition) is 0. The molecule has 0 aromatic carbocycles. The summed E-state index contributed by atoms with van der Waals surface area (Å²) in [6.07, 6.45) is 2.06. The van der Waals surface area contributed by atoms with Gasteiger partial charge in [0.2, 0.25) is 5.91 Å². The summed E-state index contributed by atoms with van der Waals surface area (Å²) in [5, 5.41) is 0. The van der Waals surface area contributed by atoms with Crippen LogP contribution in [0.2, 0.25) is 0 Å². The molecule has 1 amide bonds. The van der Waals surface area contributed by atoms with Crippen molar-refractivity contribution in [1.82, 2.24) is 9.88 Å². The van der Waals surface area contributed by atoms with Crippen molar-refractivity contribution in [2.75, 3.05) is 6.54 Å². The van der Waals surface area contributed by atoms with Crippen LogP contribution in [0.1, 0.15) is 19.0 Å². The summed E-state index contributed by atoms with van der Waals surface area (Å²) in [4.78, 5) is 28.7. The van der Waals surface area contributed by atoms with E-state index in [0.717, 1.165) is 5.69 Å². The zero-order valence-corrected chi connectivity index (χ0v) is 9.22. The molecule has 2 rings (SSSR count). The predicted octanol–water partition coefficient (Wildman–Crippen LogP) is 1.02. The Morgan fingerprint density at radius 3 is 2.94 bits per heavy atom. The summed E-state index contributed by atoms with van der Waals surface area (Å²) in [5.41, 5.74) is 0.861. The minimum Gasteiger partial charge on any atom is -0.336 e. The van der Waals surface area contributed by atoms with Crippen molar-refractivity contribution < 1.29 is 9.59 Å². The van der Waals surface area contributed by atoms with Gasteiger partial charge in [0.1, 0.15) is 5.78 Å².